The average molecular weight is 200 g/mol. The summed E-state index contributed by atoms with van der Waals surface area (Å²) < 4.78 is 5.44. The minimum Gasteiger partial charge on any atom is -0.365 e. The van der Waals surface area contributed by atoms with Crippen molar-refractivity contribution in [2.75, 3.05) is 6.54 Å². The largest absolute Gasteiger partial charge is 0.365 e. The molecule has 0 aromatic rings. The maximum absolute atomic E-state index is 11.5. The van der Waals surface area contributed by atoms with Crippen LogP contribution in [0.25, 0.3) is 0 Å². The average Bonchev–Trinajstić information content (AvgIpc) is 2.51. The highest BCUT2D eigenvalue weighted by atomic mass is 16.5. The summed E-state index contributed by atoms with van der Waals surface area (Å²) in [6.07, 6.45) is 2.61. The van der Waals surface area contributed by atoms with Crippen molar-refractivity contribution < 1.29 is 9.53 Å². The summed E-state index contributed by atoms with van der Waals surface area (Å²) in [5, 5.41) is 2.83. The summed E-state index contributed by atoms with van der Waals surface area (Å²) in [6.45, 7) is 4.57. The van der Waals surface area contributed by atoms with E-state index in [1.165, 1.54) is 0 Å². The van der Waals surface area contributed by atoms with Gasteiger partial charge in [-0.25, -0.2) is 0 Å². The zero-order chi connectivity index (χ0) is 10.6. The molecule has 0 aromatic heterocycles. The molecular formula is C10H20N2O2. The lowest BCUT2D eigenvalue weighted by Gasteiger charge is -2.12. The van der Waals surface area contributed by atoms with Gasteiger partial charge in [-0.3, -0.25) is 4.79 Å². The molecule has 1 aliphatic heterocycles. The van der Waals surface area contributed by atoms with Gasteiger partial charge in [0.25, 0.3) is 0 Å². The van der Waals surface area contributed by atoms with Crippen LogP contribution in [0.15, 0.2) is 0 Å². The molecule has 1 saturated heterocycles. The molecule has 0 aliphatic carbocycles. The predicted octanol–water partition coefficient (Wildman–Crippen LogP) is 0.407. The molecule has 3 unspecified atom stereocenters. The summed E-state index contributed by atoms with van der Waals surface area (Å²) in [7, 11) is 0. The van der Waals surface area contributed by atoms with Crippen LogP contribution in [0.3, 0.4) is 0 Å². The normalized spacial score (nSPS) is 28.8. The topological polar surface area (TPSA) is 64.3 Å². The summed E-state index contributed by atoms with van der Waals surface area (Å²) in [4.78, 5) is 11.5. The first kappa shape index (κ1) is 11.5. The van der Waals surface area contributed by atoms with Crippen LogP contribution in [-0.2, 0) is 9.53 Å². The standard InChI is InChI=1S/C10H20N2O2/c1-7(11)5-6-12-10(13)9-4-3-8(2)14-9/h7-9H,3-6,11H2,1-2H3,(H,12,13). The maximum Gasteiger partial charge on any atom is 0.249 e. The lowest BCUT2D eigenvalue weighted by Crippen LogP contribution is -2.36. The lowest BCUT2D eigenvalue weighted by atomic mass is 10.2. The van der Waals surface area contributed by atoms with Crippen LogP contribution in [0, 0.1) is 0 Å². The third-order valence-electron chi connectivity index (χ3n) is 2.42. The van der Waals surface area contributed by atoms with E-state index in [0.717, 1.165) is 19.3 Å². The van der Waals surface area contributed by atoms with E-state index in [2.05, 4.69) is 5.32 Å². The summed E-state index contributed by atoms with van der Waals surface area (Å²) >= 11 is 0. The second-order valence-corrected chi connectivity index (χ2v) is 4.07. The Labute approximate surface area is 85.2 Å². The van der Waals surface area contributed by atoms with Crippen molar-refractivity contribution in [1.82, 2.24) is 5.32 Å². The number of ether oxygens (including phenoxy) is 1. The minimum atomic E-state index is -0.238. The van der Waals surface area contributed by atoms with Crippen molar-refractivity contribution in [1.29, 1.82) is 0 Å². The van der Waals surface area contributed by atoms with E-state index in [1.807, 2.05) is 13.8 Å². The zero-order valence-corrected chi connectivity index (χ0v) is 8.95. The first-order valence-electron chi connectivity index (χ1n) is 5.28. The third-order valence-corrected chi connectivity index (χ3v) is 2.42. The van der Waals surface area contributed by atoms with E-state index in [1.54, 1.807) is 0 Å². The second kappa shape index (κ2) is 5.32. The van der Waals surface area contributed by atoms with Crippen molar-refractivity contribution >= 4 is 5.91 Å². The Bertz CT molecular complexity index is 195. The number of amides is 1. The zero-order valence-electron chi connectivity index (χ0n) is 8.95. The van der Waals surface area contributed by atoms with Gasteiger partial charge in [0, 0.05) is 12.6 Å². The molecule has 82 valence electrons. The van der Waals surface area contributed by atoms with E-state index in [0.29, 0.717) is 6.54 Å². The van der Waals surface area contributed by atoms with Crippen molar-refractivity contribution in [2.24, 2.45) is 5.73 Å². The molecule has 0 radical (unpaired) electrons. The highest BCUT2D eigenvalue weighted by Gasteiger charge is 2.27. The number of carbonyl (C=O) groups is 1. The van der Waals surface area contributed by atoms with Gasteiger partial charge in [-0.2, -0.15) is 0 Å². The fraction of sp³-hybridized carbons (Fsp3) is 0.900. The maximum atomic E-state index is 11.5. The Morgan fingerprint density at radius 3 is 2.86 bits per heavy atom. The van der Waals surface area contributed by atoms with Crippen molar-refractivity contribution in [2.45, 2.75) is 51.4 Å². The number of carbonyl (C=O) groups excluding carboxylic acids is 1. The van der Waals surface area contributed by atoms with Crippen LogP contribution in [0.4, 0.5) is 0 Å². The van der Waals surface area contributed by atoms with Crippen molar-refractivity contribution in [3.8, 4) is 0 Å². The Balaban J connectivity index is 2.15. The molecule has 1 amide bonds. The van der Waals surface area contributed by atoms with Gasteiger partial charge in [-0.1, -0.05) is 0 Å². The van der Waals surface area contributed by atoms with E-state index >= 15 is 0 Å². The minimum absolute atomic E-state index is 0.00926. The molecule has 3 atom stereocenters. The van der Waals surface area contributed by atoms with E-state index in [4.69, 9.17) is 10.5 Å². The molecule has 0 aromatic carbocycles. The summed E-state index contributed by atoms with van der Waals surface area (Å²) in [6, 6.07) is 0.138. The van der Waals surface area contributed by atoms with Gasteiger partial charge in [0.05, 0.1) is 6.10 Å². The highest BCUT2D eigenvalue weighted by Crippen LogP contribution is 2.18. The summed E-state index contributed by atoms with van der Waals surface area (Å²) in [5.41, 5.74) is 5.57. The number of nitrogens with one attached hydrogen (secondary N) is 1. The Kier molecular flexibility index (Phi) is 4.35. The van der Waals surface area contributed by atoms with Crippen LogP contribution >= 0.6 is 0 Å². The molecule has 1 fully saturated rings. The Morgan fingerprint density at radius 2 is 2.36 bits per heavy atom. The van der Waals surface area contributed by atoms with E-state index in [9.17, 15) is 4.79 Å². The number of rotatable bonds is 4. The van der Waals surface area contributed by atoms with Crippen LogP contribution in [0.2, 0.25) is 0 Å². The molecule has 14 heavy (non-hydrogen) atoms. The van der Waals surface area contributed by atoms with Gasteiger partial charge in [-0.05, 0) is 33.1 Å². The van der Waals surface area contributed by atoms with Crippen LogP contribution in [0.5, 0.6) is 0 Å². The second-order valence-electron chi connectivity index (χ2n) is 4.07. The molecular weight excluding hydrogens is 180 g/mol. The Hall–Kier alpha value is -0.610. The molecule has 1 aliphatic rings. The quantitative estimate of drug-likeness (QED) is 0.690. The lowest BCUT2D eigenvalue weighted by molar-refractivity contribution is -0.131. The fourth-order valence-corrected chi connectivity index (χ4v) is 1.53. The fourth-order valence-electron chi connectivity index (χ4n) is 1.53. The number of nitrogens with two attached hydrogens (primary N) is 1. The van der Waals surface area contributed by atoms with Gasteiger partial charge in [0.15, 0.2) is 0 Å². The smallest absolute Gasteiger partial charge is 0.249 e. The van der Waals surface area contributed by atoms with Gasteiger partial charge in [0.1, 0.15) is 6.10 Å². The summed E-state index contributed by atoms with van der Waals surface area (Å²) in [5.74, 6) is 0.00926. The van der Waals surface area contributed by atoms with Gasteiger partial charge in [-0.15, -0.1) is 0 Å². The monoisotopic (exact) mass is 200 g/mol. The van der Waals surface area contributed by atoms with Crippen LogP contribution in [0.1, 0.15) is 33.1 Å². The van der Waals surface area contributed by atoms with Crippen LogP contribution < -0.4 is 11.1 Å². The molecule has 3 N–H and O–H groups in total. The first-order valence-corrected chi connectivity index (χ1v) is 5.28. The number of hydrogen-bond donors (Lipinski definition) is 2. The number of hydrogen-bond acceptors (Lipinski definition) is 3. The van der Waals surface area contributed by atoms with Crippen molar-refractivity contribution in [3.63, 3.8) is 0 Å². The molecule has 0 saturated carbocycles. The molecule has 1 heterocycles. The molecule has 4 heteroatoms. The molecule has 0 bridgehead atoms. The molecule has 1 rings (SSSR count). The van der Waals surface area contributed by atoms with Gasteiger partial charge >= 0.3 is 0 Å². The van der Waals surface area contributed by atoms with Gasteiger partial charge < -0.3 is 15.8 Å². The highest BCUT2D eigenvalue weighted by molar-refractivity contribution is 5.80. The SMILES string of the molecule is CC(N)CCNC(=O)C1CCC(C)O1. The molecule has 0 spiro atoms. The first-order chi connectivity index (χ1) is 6.59. The third kappa shape index (κ3) is 3.64. The predicted molar refractivity (Wildman–Crippen MR) is 54.8 cm³/mol. The molecule has 4 nitrogen and oxygen atoms in total. The van der Waals surface area contributed by atoms with Crippen molar-refractivity contribution in [3.05, 3.63) is 0 Å². The van der Waals surface area contributed by atoms with E-state index in [-0.39, 0.29) is 24.2 Å². The van der Waals surface area contributed by atoms with E-state index < -0.39 is 0 Å². The Morgan fingerprint density at radius 1 is 1.64 bits per heavy atom. The van der Waals surface area contributed by atoms with Crippen LogP contribution in [-0.4, -0.2) is 30.7 Å². The van der Waals surface area contributed by atoms with Gasteiger partial charge in [0.2, 0.25) is 5.91 Å².